The molecular formula is C20H22N6O. The van der Waals surface area contributed by atoms with Crippen molar-refractivity contribution in [1.82, 2.24) is 30.0 Å². The van der Waals surface area contributed by atoms with Gasteiger partial charge in [-0.1, -0.05) is 12.1 Å². The van der Waals surface area contributed by atoms with Gasteiger partial charge in [-0.15, -0.1) is 0 Å². The van der Waals surface area contributed by atoms with Gasteiger partial charge in [-0.25, -0.2) is 0 Å². The van der Waals surface area contributed by atoms with Crippen LogP contribution in [-0.2, 0) is 24.4 Å². The monoisotopic (exact) mass is 362 g/mol. The highest BCUT2D eigenvalue weighted by Gasteiger charge is 2.27. The maximum Gasteiger partial charge on any atom is 0.222 e. The van der Waals surface area contributed by atoms with Gasteiger partial charge in [0.15, 0.2) is 0 Å². The highest BCUT2D eigenvalue weighted by Crippen LogP contribution is 2.24. The second-order valence-corrected chi connectivity index (χ2v) is 6.75. The Bertz CT molecular complexity index is 880. The predicted molar refractivity (Wildman–Crippen MR) is 100 cm³/mol. The first kappa shape index (κ1) is 17.4. The minimum absolute atomic E-state index is 0.00957. The molecule has 7 heteroatoms. The number of rotatable bonds is 6. The van der Waals surface area contributed by atoms with Crippen molar-refractivity contribution in [2.24, 2.45) is 0 Å². The molecule has 4 heterocycles. The molecule has 27 heavy (non-hydrogen) atoms. The fourth-order valence-corrected chi connectivity index (χ4v) is 3.46. The van der Waals surface area contributed by atoms with Crippen LogP contribution in [-0.4, -0.2) is 37.1 Å². The van der Waals surface area contributed by atoms with Crippen LogP contribution in [0.3, 0.4) is 0 Å². The Labute approximate surface area is 158 Å². The lowest BCUT2D eigenvalue weighted by molar-refractivity contribution is -0.122. The largest absolute Gasteiger partial charge is 0.350 e. The number of carbonyl (C=O) groups excluding carboxylic acids is 1. The van der Waals surface area contributed by atoms with Crippen LogP contribution in [0.5, 0.6) is 0 Å². The van der Waals surface area contributed by atoms with E-state index in [-0.39, 0.29) is 11.9 Å². The van der Waals surface area contributed by atoms with Crippen LogP contribution < -0.4 is 5.32 Å². The second kappa shape index (κ2) is 8.09. The van der Waals surface area contributed by atoms with E-state index in [2.05, 4.69) is 31.3 Å². The first-order chi connectivity index (χ1) is 13.3. The lowest BCUT2D eigenvalue weighted by Crippen LogP contribution is -2.39. The summed E-state index contributed by atoms with van der Waals surface area (Å²) >= 11 is 0. The molecule has 0 fully saturated rings. The number of amides is 1. The number of hydrogen-bond acceptors (Lipinski definition) is 5. The zero-order chi connectivity index (χ0) is 18.5. The van der Waals surface area contributed by atoms with Crippen molar-refractivity contribution < 1.29 is 4.79 Å². The quantitative estimate of drug-likeness (QED) is 0.725. The summed E-state index contributed by atoms with van der Waals surface area (Å²) in [5.41, 5.74) is 3.16. The molecule has 0 saturated carbocycles. The van der Waals surface area contributed by atoms with Crippen LogP contribution in [0.25, 0.3) is 0 Å². The average Bonchev–Trinajstić information content (AvgIpc) is 3.17. The molecule has 0 unspecified atom stereocenters. The summed E-state index contributed by atoms with van der Waals surface area (Å²) in [5.74, 6) is 0.00957. The second-order valence-electron chi connectivity index (χ2n) is 6.75. The zero-order valence-electron chi connectivity index (χ0n) is 15.0. The third-order valence-corrected chi connectivity index (χ3v) is 4.70. The molecule has 1 amide bonds. The topological polar surface area (TPSA) is 75.9 Å². The fourth-order valence-electron chi connectivity index (χ4n) is 3.46. The maximum atomic E-state index is 12.5. The van der Waals surface area contributed by atoms with Crippen LogP contribution in [0, 0.1) is 0 Å². The predicted octanol–water partition coefficient (Wildman–Crippen LogP) is 1.94. The number of nitrogens with zero attached hydrogens (tertiary/aromatic N) is 5. The van der Waals surface area contributed by atoms with Crippen LogP contribution in [0.1, 0.15) is 29.4 Å². The Morgan fingerprint density at radius 2 is 2.11 bits per heavy atom. The van der Waals surface area contributed by atoms with Gasteiger partial charge in [0.25, 0.3) is 0 Å². The maximum absolute atomic E-state index is 12.5. The summed E-state index contributed by atoms with van der Waals surface area (Å²) in [6.07, 6.45) is 7.60. The van der Waals surface area contributed by atoms with Gasteiger partial charge in [0.1, 0.15) is 0 Å². The molecule has 4 rings (SSSR count). The Kier molecular flexibility index (Phi) is 5.20. The molecule has 1 aliphatic heterocycles. The summed E-state index contributed by atoms with van der Waals surface area (Å²) in [4.78, 5) is 23.2. The van der Waals surface area contributed by atoms with Gasteiger partial charge in [-0.05, 0) is 29.8 Å². The Morgan fingerprint density at radius 1 is 1.15 bits per heavy atom. The first-order valence-electron chi connectivity index (χ1n) is 9.08. The van der Waals surface area contributed by atoms with Gasteiger partial charge >= 0.3 is 0 Å². The molecule has 3 aromatic rings. The van der Waals surface area contributed by atoms with Gasteiger partial charge in [0, 0.05) is 44.4 Å². The molecule has 0 aliphatic carbocycles. The lowest BCUT2D eigenvalue weighted by atomic mass is 10.1. The number of nitrogens with one attached hydrogen (secondary N) is 1. The SMILES string of the molecule is O=C(C[C@H]1CN(Cc2cccnc2)Cc2ccnn21)NCc1ccccn1. The molecule has 3 aromatic heterocycles. The molecule has 0 aromatic carbocycles. The molecule has 0 bridgehead atoms. The standard InChI is InChI=1S/C20H22N6O/c27-20(23-12-17-5-1-2-8-22-17)10-19-15-25(13-16-4-3-7-21-11-16)14-18-6-9-24-26(18)19/h1-9,11,19H,10,12-15H2,(H,23,27)/t19-/m0/s1. The van der Waals surface area contributed by atoms with Gasteiger partial charge in [0.05, 0.1) is 30.4 Å². The Hall–Kier alpha value is -3.06. The van der Waals surface area contributed by atoms with E-state index >= 15 is 0 Å². The van der Waals surface area contributed by atoms with Crippen LogP contribution >= 0.6 is 0 Å². The number of aromatic nitrogens is 4. The van der Waals surface area contributed by atoms with Crippen molar-refractivity contribution in [3.8, 4) is 0 Å². The molecule has 138 valence electrons. The van der Waals surface area contributed by atoms with E-state index in [9.17, 15) is 4.79 Å². The molecule has 1 N–H and O–H groups in total. The number of pyridine rings is 2. The van der Waals surface area contributed by atoms with E-state index in [0.717, 1.165) is 31.0 Å². The smallest absolute Gasteiger partial charge is 0.222 e. The van der Waals surface area contributed by atoms with Gasteiger partial charge in [-0.2, -0.15) is 5.10 Å². The van der Waals surface area contributed by atoms with E-state index in [1.165, 1.54) is 5.56 Å². The minimum Gasteiger partial charge on any atom is -0.350 e. The Morgan fingerprint density at radius 3 is 2.93 bits per heavy atom. The number of carbonyl (C=O) groups is 1. The number of fused-ring (bicyclic) bond motifs is 1. The molecule has 1 atom stereocenters. The lowest BCUT2D eigenvalue weighted by Gasteiger charge is -2.33. The highest BCUT2D eigenvalue weighted by molar-refractivity contribution is 5.76. The minimum atomic E-state index is 0.00957. The van der Waals surface area contributed by atoms with Gasteiger partial charge in [0.2, 0.25) is 5.91 Å². The van der Waals surface area contributed by atoms with Crippen molar-refractivity contribution in [1.29, 1.82) is 0 Å². The van der Waals surface area contributed by atoms with Crippen LogP contribution in [0.2, 0.25) is 0 Å². The molecule has 7 nitrogen and oxygen atoms in total. The molecule has 0 saturated heterocycles. The summed E-state index contributed by atoms with van der Waals surface area (Å²) in [6, 6.07) is 11.8. The Balaban J connectivity index is 1.39. The number of hydrogen-bond donors (Lipinski definition) is 1. The van der Waals surface area contributed by atoms with Crippen molar-refractivity contribution in [2.75, 3.05) is 6.54 Å². The molecule has 1 aliphatic rings. The third kappa shape index (κ3) is 4.38. The third-order valence-electron chi connectivity index (χ3n) is 4.70. The highest BCUT2D eigenvalue weighted by atomic mass is 16.1. The van der Waals surface area contributed by atoms with Crippen LogP contribution in [0.4, 0.5) is 0 Å². The molecular weight excluding hydrogens is 340 g/mol. The van der Waals surface area contributed by atoms with Gasteiger partial charge in [-0.3, -0.25) is 24.3 Å². The van der Waals surface area contributed by atoms with E-state index < -0.39 is 0 Å². The summed E-state index contributed by atoms with van der Waals surface area (Å²) < 4.78 is 1.99. The van der Waals surface area contributed by atoms with Crippen molar-refractivity contribution in [3.63, 3.8) is 0 Å². The average molecular weight is 362 g/mol. The summed E-state index contributed by atoms with van der Waals surface area (Å²) in [5, 5.41) is 7.40. The fraction of sp³-hybridized carbons (Fsp3) is 0.300. The summed E-state index contributed by atoms with van der Waals surface area (Å²) in [7, 11) is 0. The van der Waals surface area contributed by atoms with E-state index in [1.807, 2.05) is 47.4 Å². The molecule has 0 spiro atoms. The van der Waals surface area contributed by atoms with E-state index in [4.69, 9.17) is 0 Å². The zero-order valence-corrected chi connectivity index (χ0v) is 15.0. The van der Waals surface area contributed by atoms with Crippen molar-refractivity contribution >= 4 is 5.91 Å². The van der Waals surface area contributed by atoms with Gasteiger partial charge < -0.3 is 5.32 Å². The normalized spacial score (nSPS) is 16.7. The molecule has 0 radical (unpaired) electrons. The first-order valence-corrected chi connectivity index (χ1v) is 9.08. The van der Waals surface area contributed by atoms with Crippen molar-refractivity contribution in [2.45, 2.75) is 32.1 Å². The van der Waals surface area contributed by atoms with E-state index in [0.29, 0.717) is 13.0 Å². The van der Waals surface area contributed by atoms with E-state index in [1.54, 1.807) is 12.4 Å². The summed E-state index contributed by atoms with van der Waals surface area (Å²) in [6.45, 7) is 2.85. The van der Waals surface area contributed by atoms with Crippen molar-refractivity contribution in [3.05, 3.63) is 78.1 Å². The van der Waals surface area contributed by atoms with Crippen LogP contribution in [0.15, 0.2) is 61.2 Å².